The van der Waals surface area contributed by atoms with Crippen LogP contribution in [0.4, 0.5) is 0 Å². The first-order chi connectivity index (χ1) is 14.6. The minimum atomic E-state index is -0.216. The topological polar surface area (TPSA) is 78.8 Å². The third-order valence-electron chi connectivity index (χ3n) is 5.02. The van der Waals surface area contributed by atoms with Gasteiger partial charge in [0.15, 0.2) is 11.5 Å². The monoisotopic (exact) mass is 408 g/mol. The van der Waals surface area contributed by atoms with E-state index >= 15 is 0 Å². The lowest BCUT2D eigenvalue weighted by atomic mass is 10.2. The number of para-hydroxylation sites is 3. The van der Waals surface area contributed by atoms with E-state index < -0.39 is 0 Å². The zero-order valence-electron chi connectivity index (χ0n) is 16.8. The quantitative estimate of drug-likeness (QED) is 0.608. The molecular weight excluding hydrogens is 384 g/mol. The average molecular weight is 408 g/mol. The molecule has 0 fully saturated rings. The smallest absolute Gasteiger partial charge is 0.254 e. The molecule has 0 bridgehead atoms. The van der Waals surface area contributed by atoms with Crippen molar-refractivity contribution in [1.29, 1.82) is 0 Å². The number of nitrogens with one attached hydrogen (secondary N) is 1. The molecule has 0 saturated carbocycles. The number of hydrogen-bond acceptors (Lipinski definition) is 5. The zero-order chi connectivity index (χ0) is 20.9. The Morgan fingerprint density at radius 2 is 1.93 bits per heavy atom. The van der Waals surface area contributed by atoms with Gasteiger partial charge in [-0.05, 0) is 30.7 Å². The maximum atomic E-state index is 12.1. The lowest BCUT2D eigenvalue weighted by Gasteiger charge is -2.26. The third-order valence-corrected chi connectivity index (χ3v) is 5.02. The van der Waals surface area contributed by atoms with Crippen LogP contribution >= 0.6 is 0 Å². The van der Waals surface area contributed by atoms with E-state index in [2.05, 4.69) is 5.32 Å². The number of aromatic nitrogens is 1. The van der Waals surface area contributed by atoms with Gasteiger partial charge in [0.25, 0.3) is 5.56 Å². The lowest BCUT2D eigenvalue weighted by molar-refractivity contribution is -0.121. The van der Waals surface area contributed by atoms with Crippen molar-refractivity contribution in [3.63, 3.8) is 0 Å². The van der Waals surface area contributed by atoms with Gasteiger partial charge in [-0.25, -0.2) is 0 Å². The first-order valence-electron chi connectivity index (χ1n) is 9.98. The molecule has 1 atom stereocenters. The second-order valence-corrected chi connectivity index (χ2v) is 7.18. The number of rotatable bonds is 7. The van der Waals surface area contributed by atoms with Crippen LogP contribution in [0.1, 0.15) is 12.8 Å². The van der Waals surface area contributed by atoms with E-state index in [4.69, 9.17) is 14.2 Å². The van der Waals surface area contributed by atoms with Gasteiger partial charge in [0.05, 0.1) is 18.7 Å². The molecule has 156 valence electrons. The van der Waals surface area contributed by atoms with Gasteiger partial charge in [0.2, 0.25) is 5.91 Å². The van der Waals surface area contributed by atoms with Gasteiger partial charge in [0, 0.05) is 24.9 Å². The first kappa shape index (κ1) is 19.8. The van der Waals surface area contributed by atoms with E-state index in [1.54, 1.807) is 11.6 Å². The Labute approximate surface area is 174 Å². The molecule has 7 nitrogen and oxygen atoms in total. The standard InChI is InChI=1S/C23H24N2O5/c1-25-18-8-3-2-7-17(18)21(13-23(25)27)28-12-6-11-22(26)24-14-16-15-29-19-9-4-5-10-20(19)30-16/h2-5,7-10,13,16H,6,11-12,14-15H2,1H3,(H,24,26)/t16-/m1/s1. The first-order valence-corrected chi connectivity index (χ1v) is 9.98. The van der Waals surface area contributed by atoms with E-state index in [-0.39, 0.29) is 17.6 Å². The number of fused-ring (bicyclic) bond motifs is 2. The van der Waals surface area contributed by atoms with Gasteiger partial charge in [-0.15, -0.1) is 0 Å². The highest BCUT2D eigenvalue weighted by Gasteiger charge is 2.20. The van der Waals surface area contributed by atoms with Crippen molar-refractivity contribution < 1.29 is 19.0 Å². The van der Waals surface area contributed by atoms with Gasteiger partial charge in [-0.2, -0.15) is 0 Å². The average Bonchev–Trinajstić information content (AvgIpc) is 2.78. The number of ether oxygens (including phenoxy) is 3. The van der Waals surface area contributed by atoms with E-state index in [9.17, 15) is 9.59 Å². The van der Waals surface area contributed by atoms with Gasteiger partial charge in [0.1, 0.15) is 18.5 Å². The summed E-state index contributed by atoms with van der Waals surface area (Å²) in [6.07, 6.45) is 0.652. The van der Waals surface area contributed by atoms with Crippen molar-refractivity contribution in [1.82, 2.24) is 9.88 Å². The summed E-state index contributed by atoms with van der Waals surface area (Å²) >= 11 is 0. The number of aryl methyl sites for hydroxylation is 1. The number of carbonyl (C=O) groups excluding carboxylic acids is 1. The summed E-state index contributed by atoms with van der Waals surface area (Å²) in [6.45, 7) is 1.13. The molecule has 3 aromatic rings. The van der Waals surface area contributed by atoms with Crippen LogP contribution in [0, 0.1) is 0 Å². The van der Waals surface area contributed by atoms with Crippen molar-refractivity contribution in [3.05, 3.63) is 65.0 Å². The maximum Gasteiger partial charge on any atom is 0.254 e. The van der Waals surface area contributed by atoms with Crippen molar-refractivity contribution in [3.8, 4) is 17.2 Å². The van der Waals surface area contributed by atoms with Crippen LogP contribution in [0.15, 0.2) is 59.4 Å². The molecule has 4 rings (SSSR count). The van der Waals surface area contributed by atoms with Gasteiger partial charge < -0.3 is 24.1 Å². The molecule has 30 heavy (non-hydrogen) atoms. The largest absolute Gasteiger partial charge is 0.493 e. The number of amides is 1. The van der Waals surface area contributed by atoms with E-state index in [1.807, 2.05) is 48.5 Å². The Balaban J connectivity index is 1.23. The van der Waals surface area contributed by atoms with Crippen LogP contribution in [0.2, 0.25) is 0 Å². The van der Waals surface area contributed by atoms with Crippen molar-refractivity contribution in [2.24, 2.45) is 7.05 Å². The number of benzene rings is 2. The Bertz CT molecular complexity index is 1110. The number of nitrogens with zero attached hydrogens (tertiary/aromatic N) is 1. The highest BCUT2D eigenvalue weighted by atomic mass is 16.6. The summed E-state index contributed by atoms with van der Waals surface area (Å²) in [4.78, 5) is 24.2. The molecule has 2 aromatic carbocycles. The molecular formula is C23H24N2O5. The van der Waals surface area contributed by atoms with Gasteiger partial charge >= 0.3 is 0 Å². The zero-order valence-corrected chi connectivity index (χ0v) is 16.8. The summed E-state index contributed by atoms with van der Waals surface area (Å²) in [7, 11) is 1.73. The van der Waals surface area contributed by atoms with Crippen LogP contribution < -0.4 is 25.1 Å². The Kier molecular flexibility index (Phi) is 5.88. The van der Waals surface area contributed by atoms with Gasteiger partial charge in [-0.3, -0.25) is 9.59 Å². The van der Waals surface area contributed by atoms with Crippen LogP contribution in [0.25, 0.3) is 10.9 Å². The van der Waals surface area contributed by atoms with Crippen LogP contribution in [-0.4, -0.2) is 36.3 Å². The highest BCUT2D eigenvalue weighted by Crippen LogP contribution is 2.30. The fourth-order valence-electron chi connectivity index (χ4n) is 3.39. The number of pyridine rings is 1. The number of hydrogen-bond donors (Lipinski definition) is 1. The molecule has 1 aromatic heterocycles. The second kappa shape index (κ2) is 8.90. The minimum Gasteiger partial charge on any atom is -0.493 e. The van der Waals surface area contributed by atoms with E-state index in [1.165, 1.54) is 6.07 Å². The second-order valence-electron chi connectivity index (χ2n) is 7.18. The molecule has 2 heterocycles. The van der Waals surface area contributed by atoms with Gasteiger partial charge in [-0.1, -0.05) is 24.3 Å². The molecule has 1 N–H and O–H groups in total. The molecule has 1 aliphatic heterocycles. The lowest BCUT2D eigenvalue weighted by Crippen LogP contribution is -2.40. The maximum absolute atomic E-state index is 12.1. The fraction of sp³-hybridized carbons (Fsp3) is 0.304. The summed E-state index contributed by atoms with van der Waals surface area (Å²) in [5.74, 6) is 1.88. The SMILES string of the molecule is Cn1c(=O)cc(OCCCC(=O)NC[C@@H]2COc3ccccc3O2)c2ccccc21. The Morgan fingerprint density at radius 1 is 1.17 bits per heavy atom. The van der Waals surface area contributed by atoms with Crippen LogP contribution in [0.5, 0.6) is 17.2 Å². The molecule has 0 aliphatic carbocycles. The summed E-state index contributed by atoms with van der Waals surface area (Å²) in [5, 5.41) is 3.75. The Morgan fingerprint density at radius 3 is 2.80 bits per heavy atom. The summed E-state index contributed by atoms with van der Waals surface area (Å²) in [5.41, 5.74) is 0.687. The van der Waals surface area contributed by atoms with Crippen molar-refractivity contribution in [2.45, 2.75) is 18.9 Å². The fourth-order valence-corrected chi connectivity index (χ4v) is 3.39. The molecule has 0 radical (unpaired) electrons. The third kappa shape index (κ3) is 4.40. The molecule has 7 heteroatoms. The molecule has 0 saturated heterocycles. The van der Waals surface area contributed by atoms with Crippen molar-refractivity contribution >= 4 is 16.8 Å². The minimum absolute atomic E-state index is 0.0742. The molecule has 0 spiro atoms. The summed E-state index contributed by atoms with van der Waals surface area (Å²) < 4.78 is 18.9. The number of carbonyl (C=O) groups is 1. The predicted molar refractivity (Wildman–Crippen MR) is 113 cm³/mol. The predicted octanol–water partition coefficient (Wildman–Crippen LogP) is 2.65. The normalized spacial score (nSPS) is 15.0. The molecule has 1 aliphatic rings. The highest BCUT2D eigenvalue weighted by molar-refractivity contribution is 5.85. The molecule has 0 unspecified atom stereocenters. The van der Waals surface area contributed by atoms with Crippen LogP contribution in [0.3, 0.4) is 0 Å². The van der Waals surface area contributed by atoms with E-state index in [0.29, 0.717) is 44.1 Å². The van der Waals surface area contributed by atoms with E-state index in [0.717, 1.165) is 16.7 Å². The molecule has 1 amide bonds. The Hall–Kier alpha value is -3.48. The van der Waals surface area contributed by atoms with Crippen LogP contribution in [-0.2, 0) is 11.8 Å². The van der Waals surface area contributed by atoms with Crippen molar-refractivity contribution in [2.75, 3.05) is 19.8 Å². The summed E-state index contributed by atoms with van der Waals surface area (Å²) in [6, 6.07) is 16.6.